The van der Waals surface area contributed by atoms with Crippen molar-refractivity contribution in [1.82, 2.24) is 14.8 Å². The zero-order valence-corrected chi connectivity index (χ0v) is 21.3. The van der Waals surface area contributed by atoms with Crippen LogP contribution in [0.15, 0.2) is 54.7 Å². The van der Waals surface area contributed by atoms with Crippen molar-refractivity contribution in [3.63, 3.8) is 0 Å². The van der Waals surface area contributed by atoms with Crippen molar-refractivity contribution in [2.24, 2.45) is 5.92 Å². The number of aryl methyl sites for hydroxylation is 2. The molecule has 0 atom stereocenters. The maximum atomic E-state index is 12.4. The molecule has 0 saturated carbocycles. The molecule has 3 aromatic rings. The number of amides is 1. The summed E-state index contributed by atoms with van der Waals surface area (Å²) in [4.78, 5) is 33.2. The Hall–Kier alpha value is -3.05. The van der Waals surface area contributed by atoms with Gasteiger partial charge in [0.15, 0.2) is 5.78 Å². The number of Topliss-reactive ketones (excluding diaryl/α,β-unsaturated/α-hetero) is 1. The Morgan fingerprint density at radius 1 is 0.829 bits per heavy atom. The van der Waals surface area contributed by atoms with E-state index < -0.39 is 0 Å². The molecule has 2 aliphatic rings. The molecule has 2 fully saturated rings. The molecule has 5 heteroatoms. The van der Waals surface area contributed by atoms with Crippen LogP contribution < -0.4 is 0 Å². The number of carbonyl (C=O) groups excluding carboxylic acids is 2. The van der Waals surface area contributed by atoms with Crippen molar-refractivity contribution >= 4 is 22.6 Å². The predicted octanol–water partition coefficient (Wildman–Crippen LogP) is 5.69. The number of hydrogen-bond acceptors (Lipinski definition) is 4. The highest BCUT2D eigenvalue weighted by Crippen LogP contribution is 2.22. The highest BCUT2D eigenvalue weighted by Gasteiger charge is 2.24. The van der Waals surface area contributed by atoms with Crippen LogP contribution in [0, 0.1) is 19.8 Å². The van der Waals surface area contributed by atoms with E-state index in [4.69, 9.17) is 0 Å². The second-order valence-corrected chi connectivity index (χ2v) is 10.0. The molecule has 35 heavy (non-hydrogen) atoms. The fraction of sp³-hybridized carbons (Fsp3) is 0.433. The molecule has 0 unspecified atom stereocenters. The maximum Gasteiger partial charge on any atom is 0.253 e. The SMILES string of the molecule is Cc1ccc(C(=O)C2CCN(C)CC2)cc1C.O=C(c1ccc2ncccc2c1)N1CCCCC1. The molecule has 1 aromatic heterocycles. The number of pyridine rings is 1. The normalized spacial score (nSPS) is 17.1. The molecule has 0 spiro atoms. The van der Waals surface area contributed by atoms with Gasteiger partial charge in [-0.3, -0.25) is 14.6 Å². The van der Waals surface area contributed by atoms with Gasteiger partial charge in [0.25, 0.3) is 5.91 Å². The molecule has 184 valence electrons. The second-order valence-electron chi connectivity index (χ2n) is 10.0. The van der Waals surface area contributed by atoms with E-state index in [9.17, 15) is 9.59 Å². The third-order valence-electron chi connectivity index (χ3n) is 7.37. The number of benzene rings is 2. The van der Waals surface area contributed by atoms with Gasteiger partial charge in [0.2, 0.25) is 0 Å². The van der Waals surface area contributed by atoms with Crippen LogP contribution in [0.1, 0.15) is 63.9 Å². The van der Waals surface area contributed by atoms with Gasteiger partial charge in [-0.25, -0.2) is 0 Å². The fourth-order valence-electron chi connectivity index (χ4n) is 4.89. The summed E-state index contributed by atoms with van der Waals surface area (Å²) in [5.74, 6) is 0.718. The van der Waals surface area contributed by atoms with Crippen LogP contribution >= 0.6 is 0 Å². The van der Waals surface area contributed by atoms with Crippen LogP contribution in [-0.2, 0) is 0 Å². The molecule has 2 aromatic carbocycles. The minimum atomic E-state index is 0.153. The molecule has 5 nitrogen and oxygen atoms in total. The van der Waals surface area contributed by atoms with Crippen molar-refractivity contribution in [2.75, 3.05) is 33.2 Å². The molecule has 3 heterocycles. The number of likely N-dealkylation sites (tertiary alicyclic amines) is 2. The molecular formula is C30H37N3O2. The van der Waals surface area contributed by atoms with Crippen molar-refractivity contribution in [3.8, 4) is 0 Å². The van der Waals surface area contributed by atoms with Crippen LogP contribution in [0.2, 0.25) is 0 Å². The summed E-state index contributed by atoms with van der Waals surface area (Å²) < 4.78 is 0. The number of rotatable bonds is 3. The van der Waals surface area contributed by atoms with Crippen molar-refractivity contribution in [2.45, 2.75) is 46.0 Å². The van der Waals surface area contributed by atoms with E-state index >= 15 is 0 Å². The Balaban J connectivity index is 0.000000165. The summed E-state index contributed by atoms with van der Waals surface area (Å²) >= 11 is 0. The first-order valence-electron chi connectivity index (χ1n) is 12.9. The Morgan fingerprint density at radius 2 is 1.54 bits per heavy atom. The molecular weight excluding hydrogens is 434 g/mol. The molecule has 2 aliphatic heterocycles. The molecule has 0 N–H and O–H groups in total. The Bertz CT molecular complexity index is 1180. The van der Waals surface area contributed by atoms with Crippen LogP contribution in [0.5, 0.6) is 0 Å². The van der Waals surface area contributed by atoms with Gasteiger partial charge in [-0.15, -0.1) is 0 Å². The lowest BCUT2D eigenvalue weighted by atomic mass is 9.88. The lowest BCUT2D eigenvalue weighted by Gasteiger charge is -2.28. The van der Waals surface area contributed by atoms with Crippen LogP contribution in [0.4, 0.5) is 0 Å². The monoisotopic (exact) mass is 471 g/mol. The Morgan fingerprint density at radius 3 is 2.26 bits per heavy atom. The van der Waals surface area contributed by atoms with Crippen LogP contribution in [0.25, 0.3) is 10.9 Å². The average Bonchev–Trinajstić information content (AvgIpc) is 2.90. The number of carbonyl (C=O) groups is 2. The number of nitrogens with zero attached hydrogens (tertiary/aromatic N) is 3. The average molecular weight is 472 g/mol. The highest BCUT2D eigenvalue weighted by molar-refractivity contribution is 5.98. The minimum absolute atomic E-state index is 0.153. The fourth-order valence-corrected chi connectivity index (χ4v) is 4.89. The number of ketones is 1. The zero-order chi connectivity index (χ0) is 24.8. The minimum Gasteiger partial charge on any atom is -0.339 e. The van der Waals surface area contributed by atoms with Crippen molar-refractivity contribution in [3.05, 3.63) is 77.0 Å². The first kappa shape index (κ1) is 25.1. The van der Waals surface area contributed by atoms with Gasteiger partial charge in [-0.2, -0.15) is 0 Å². The van der Waals surface area contributed by atoms with Gasteiger partial charge in [0.1, 0.15) is 0 Å². The van der Waals surface area contributed by atoms with Crippen molar-refractivity contribution < 1.29 is 9.59 Å². The largest absolute Gasteiger partial charge is 0.339 e. The number of fused-ring (bicyclic) bond motifs is 1. The first-order chi connectivity index (χ1) is 16.9. The smallest absolute Gasteiger partial charge is 0.253 e. The van der Waals surface area contributed by atoms with E-state index in [0.29, 0.717) is 5.78 Å². The van der Waals surface area contributed by atoms with Crippen molar-refractivity contribution in [1.29, 1.82) is 0 Å². The zero-order valence-electron chi connectivity index (χ0n) is 21.3. The van der Waals surface area contributed by atoms with E-state index in [1.807, 2.05) is 47.4 Å². The van der Waals surface area contributed by atoms with E-state index in [2.05, 4.69) is 36.8 Å². The third kappa shape index (κ3) is 6.34. The second kappa shape index (κ2) is 11.6. The first-order valence-corrected chi connectivity index (χ1v) is 12.9. The standard InChI is InChI=1S/C15H16N2O.C15H21NO/c18-15(17-9-2-1-3-10-17)13-6-7-14-12(11-13)5-4-8-16-14;1-11-4-5-14(10-12(11)2)15(17)13-6-8-16(3)9-7-13/h4-8,11H,1-3,9-10H2;4-5,10,13H,6-9H2,1-3H3. The van der Waals surface area contributed by atoms with Gasteiger partial charge >= 0.3 is 0 Å². The summed E-state index contributed by atoms with van der Waals surface area (Å²) in [5.41, 5.74) is 5.07. The highest BCUT2D eigenvalue weighted by atomic mass is 16.2. The molecule has 0 radical (unpaired) electrons. The predicted molar refractivity (Wildman–Crippen MR) is 142 cm³/mol. The molecule has 0 aliphatic carbocycles. The van der Waals surface area contributed by atoms with Crippen LogP contribution in [0.3, 0.4) is 0 Å². The van der Waals surface area contributed by atoms with Gasteiger partial charge in [0, 0.05) is 41.7 Å². The van der Waals surface area contributed by atoms with E-state index in [1.54, 1.807) is 6.20 Å². The molecule has 5 rings (SSSR count). The number of piperidine rings is 2. The quantitative estimate of drug-likeness (QED) is 0.461. The van der Waals surface area contributed by atoms with Gasteiger partial charge in [-0.1, -0.05) is 18.2 Å². The van der Waals surface area contributed by atoms with E-state index in [-0.39, 0.29) is 11.8 Å². The maximum absolute atomic E-state index is 12.4. The summed E-state index contributed by atoms with van der Waals surface area (Å²) in [6.07, 6.45) is 7.27. The summed E-state index contributed by atoms with van der Waals surface area (Å²) in [6, 6.07) is 15.7. The van der Waals surface area contributed by atoms with Gasteiger partial charge in [0.05, 0.1) is 5.52 Å². The number of aromatic nitrogens is 1. The Kier molecular flexibility index (Phi) is 8.29. The topological polar surface area (TPSA) is 53.5 Å². The molecule has 2 saturated heterocycles. The molecule has 0 bridgehead atoms. The summed E-state index contributed by atoms with van der Waals surface area (Å²) in [6.45, 7) is 8.02. The van der Waals surface area contributed by atoms with Crippen LogP contribution in [-0.4, -0.2) is 59.7 Å². The van der Waals surface area contributed by atoms with E-state index in [1.165, 1.54) is 17.5 Å². The summed E-state index contributed by atoms with van der Waals surface area (Å²) in [7, 11) is 2.12. The van der Waals surface area contributed by atoms with Gasteiger partial charge in [-0.05, 0) is 108 Å². The van der Waals surface area contributed by atoms with Gasteiger partial charge < -0.3 is 9.80 Å². The molecule has 1 amide bonds. The third-order valence-corrected chi connectivity index (χ3v) is 7.37. The lowest BCUT2D eigenvalue weighted by Crippen LogP contribution is -2.35. The Labute approximate surface area is 209 Å². The van der Waals surface area contributed by atoms with E-state index in [0.717, 1.165) is 73.9 Å². The lowest BCUT2D eigenvalue weighted by molar-refractivity contribution is 0.0724. The summed E-state index contributed by atoms with van der Waals surface area (Å²) in [5, 5.41) is 1.03. The number of hydrogen-bond donors (Lipinski definition) is 0.